The van der Waals surface area contributed by atoms with Crippen LogP contribution in [0.4, 0.5) is 0 Å². The molecule has 0 bridgehead atoms. The van der Waals surface area contributed by atoms with E-state index in [4.69, 9.17) is 9.72 Å². The summed E-state index contributed by atoms with van der Waals surface area (Å²) in [6.45, 7) is 6.53. The Balaban J connectivity index is 1.87. The molecule has 0 spiro atoms. The van der Waals surface area contributed by atoms with Crippen LogP contribution in [0, 0.1) is 5.92 Å². The highest BCUT2D eigenvalue weighted by Gasteiger charge is 2.06. The van der Waals surface area contributed by atoms with E-state index in [9.17, 15) is 4.79 Å². The topological polar surface area (TPSA) is 39.2 Å². The van der Waals surface area contributed by atoms with Crippen LogP contribution in [0.1, 0.15) is 31.1 Å². The zero-order chi connectivity index (χ0) is 18.5. The van der Waals surface area contributed by atoms with E-state index in [-0.39, 0.29) is 5.78 Å². The minimum Gasteiger partial charge on any atom is -0.493 e. The molecule has 132 valence electrons. The van der Waals surface area contributed by atoms with Crippen LogP contribution in [-0.4, -0.2) is 17.4 Å². The van der Waals surface area contributed by atoms with Gasteiger partial charge in [-0.1, -0.05) is 56.3 Å². The first-order chi connectivity index (χ1) is 12.5. The average molecular weight is 345 g/mol. The molecule has 0 N–H and O–H groups in total. The normalized spacial score (nSPS) is 10.8. The monoisotopic (exact) mass is 345 g/mol. The SMILES string of the molecule is CC(=O)c1ccc(-c2cccc(-c3cccc(OCC(C)C)c3)n2)cc1. The summed E-state index contributed by atoms with van der Waals surface area (Å²) in [7, 11) is 0. The maximum atomic E-state index is 11.4. The van der Waals surface area contributed by atoms with Gasteiger partial charge in [-0.2, -0.15) is 0 Å². The molecule has 0 radical (unpaired) electrons. The molecule has 0 atom stereocenters. The van der Waals surface area contributed by atoms with Crippen molar-refractivity contribution in [2.45, 2.75) is 20.8 Å². The lowest BCUT2D eigenvalue weighted by Crippen LogP contribution is -2.04. The van der Waals surface area contributed by atoms with E-state index >= 15 is 0 Å². The lowest BCUT2D eigenvalue weighted by atomic mass is 10.1. The molecule has 2 aromatic carbocycles. The largest absolute Gasteiger partial charge is 0.493 e. The molecular formula is C23H23NO2. The second kappa shape index (κ2) is 7.96. The number of carbonyl (C=O) groups excluding carboxylic acids is 1. The smallest absolute Gasteiger partial charge is 0.159 e. The van der Waals surface area contributed by atoms with Crippen LogP contribution in [0.15, 0.2) is 66.7 Å². The maximum absolute atomic E-state index is 11.4. The van der Waals surface area contributed by atoms with Gasteiger partial charge in [-0.15, -0.1) is 0 Å². The number of pyridine rings is 1. The summed E-state index contributed by atoms with van der Waals surface area (Å²) >= 11 is 0. The van der Waals surface area contributed by atoms with E-state index in [1.807, 2.05) is 66.7 Å². The fourth-order valence-electron chi connectivity index (χ4n) is 2.64. The van der Waals surface area contributed by atoms with E-state index in [1.165, 1.54) is 0 Å². The lowest BCUT2D eigenvalue weighted by molar-refractivity contribution is 0.101. The van der Waals surface area contributed by atoms with Crippen LogP contribution in [0.5, 0.6) is 5.75 Å². The standard InChI is InChI=1S/C23H23NO2/c1-16(2)15-26-21-7-4-6-20(14-21)23-9-5-8-22(24-23)19-12-10-18(11-13-19)17(3)25/h4-14,16H,15H2,1-3H3. The first kappa shape index (κ1) is 17.9. The molecule has 1 aromatic heterocycles. The van der Waals surface area contributed by atoms with Crippen LogP contribution < -0.4 is 4.74 Å². The summed E-state index contributed by atoms with van der Waals surface area (Å²) in [5.41, 5.74) is 4.50. The lowest BCUT2D eigenvalue weighted by Gasteiger charge is -2.10. The highest BCUT2D eigenvalue weighted by atomic mass is 16.5. The van der Waals surface area contributed by atoms with E-state index in [0.29, 0.717) is 18.1 Å². The van der Waals surface area contributed by atoms with E-state index in [0.717, 1.165) is 28.3 Å². The van der Waals surface area contributed by atoms with Crippen LogP contribution >= 0.6 is 0 Å². The summed E-state index contributed by atoms with van der Waals surface area (Å²) in [4.78, 5) is 16.2. The van der Waals surface area contributed by atoms with Crippen LogP contribution in [0.2, 0.25) is 0 Å². The van der Waals surface area contributed by atoms with Crippen molar-refractivity contribution in [2.75, 3.05) is 6.61 Å². The van der Waals surface area contributed by atoms with Crippen molar-refractivity contribution in [1.82, 2.24) is 4.98 Å². The minimum atomic E-state index is 0.0662. The van der Waals surface area contributed by atoms with E-state index in [2.05, 4.69) is 13.8 Å². The molecule has 0 aliphatic carbocycles. The maximum Gasteiger partial charge on any atom is 0.159 e. The van der Waals surface area contributed by atoms with E-state index < -0.39 is 0 Å². The Morgan fingerprint density at radius 2 is 1.58 bits per heavy atom. The number of carbonyl (C=O) groups is 1. The van der Waals surface area contributed by atoms with Gasteiger partial charge in [0.1, 0.15) is 5.75 Å². The number of aromatic nitrogens is 1. The molecule has 0 aliphatic heterocycles. The summed E-state index contributed by atoms with van der Waals surface area (Å²) in [5.74, 6) is 1.41. The molecule has 26 heavy (non-hydrogen) atoms. The predicted molar refractivity (Wildman–Crippen MR) is 105 cm³/mol. The highest BCUT2D eigenvalue weighted by molar-refractivity contribution is 5.94. The van der Waals surface area contributed by atoms with Crippen molar-refractivity contribution >= 4 is 5.78 Å². The summed E-state index contributed by atoms with van der Waals surface area (Å²) in [6, 6.07) is 21.5. The number of nitrogens with zero attached hydrogens (tertiary/aromatic N) is 1. The Labute approximate surface area is 154 Å². The molecule has 0 unspecified atom stereocenters. The Kier molecular flexibility index (Phi) is 5.47. The third-order valence-corrected chi connectivity index (χ3v) is 4.05. The first-order valence-electron chi connectivity index (χ1n) is 8.84. The van der Waals surface area contributed by atoms with Crippen molar-refractivity contribution in [3.8, 4) is 28.3 Å². The van der Waals surface area contributed by atoms with Gasteiger partial charge in [0, 0.05) is 16.7 Å². The van der Waals surface area contributed by atoms with Crippen LogP contribution in [-0.2, 0) is 0 Å². The quantitative estimate of drug-likeness (QED) is 0.542. The Hall–Kier alpha value is -2.94. The van der Waals surface area contributed by atoms with Gasteiger partial charge < -0.3 is 4.74 Å². The first-order valence-corrected chi connectivity index (χ1v) is 8.84. The van der Waals surface area contributed by atoms with Crippen LogP contribution in [0.3, 0.4) is 0 Å². The van der Waals surface area contributed by atoms with E-state index in [1.54, 1.807) is 6.92 Å². The Bertz CT molecular complexity index is 898. The molecular weight excluding hydrogens is 322 g/mol. The average Bonchev–Trinajstić information content (AvgIpc) is 2.67. The van der Waals surface area contributed by atoms with Gasteiger partial charge in [0.2, 0.25) is 0 Å². The fraction of sp³-hybridized carbons (Fsp3) is 0.217. The number of hydrogen-bond donors (Lipinski definition) is 0. The minimum absolute atomic E-state index is 0.0662. The van der Waals surface area contributed by atoms with Crippen LogP contribution in [0.25, 0.3) is 22.5 Å². The number of ketones is 1. The second-order valence-corrected chi connectivity index (χ2v) is 6.77. The third kappa shape index (κ3) is 4.37. The predicted octanol–water partition coefficient (Wildman–Crippen LogP) is 5.65. The third-order valence-electron chi connectivity index (χ3n) is 4.05. The molecule has 3 aromatic rings. The molecule has 3 nitrogen and oxygen atoms in total. The highest BCUT2D eigenvalue weighted by Crippen LogP contribution is 2.26. The summed E-state index contributed by atoms with van der Waals surface area (Å²) in [5, 5.41) is 0. The molecule has 3 heteroatoms. The molecule has 0 saturated heterocycles. The van der Waals surface area contributed by atoms with Gasteiger partial charge in [-0.25, -0.2) is 4.98 Å². The van der Waals surface area contributed by atoms with Crippen molar-refractivity contribution in [2.24, 2.45) is 5.92 Å². The van der Waals surface area contributed by atoms with Crippen molar-refractivity contribution < 1.29 is 9.53 Å². The fourth-order valence-corrected chi connectivity index (χ4v) is 2.64. The van der Waals surface area contributed by atoms with Crippen molar-refractivity contribution in [1.29, 1.82) is 0 Å². The van der Waals surface area contributed by atoms with Crippen molar-refractivity contribution in [3.63, 3.8) is 0 Å². The molecule has 1 heterocycles. The molecule has 0 amide bonds. The molecule has 0 aliphatic rings. The van der Waals surface area contributed by atoms with Gasteiger partial charge in [-0.05, 0) is 37.1 Å². The second-order valence-electron chi connectivity index (χ2n) is 6.77. The summed E-state index contributed by atoms with van der Waals surface area (Å²) in [6.07, 6.45) is 0. The number of ether oxygens (including phenoxy) is 1. The Morgan fingerprint density at radius 1 is 0.923 bits per heavy atom. The van der Waals surface area contributed by atoms with Crippen molar-refractivity contribution in [3.05, 3.63) is 72.3 Å². The summed E-state index contributed by atoms with van der Waals surface area (Å²) < 4.78 is 5.82. The van der Waals surface area contributed by atoms with Gasteiger partial charge in [0.25, 0.3) is 0 Å². The number of hydrogen-bond acceptors (Lipinski definition) is 3. The zero-order valence-corrected chi connectivity index (χ0v) is 15.4. The van der Waals surface area contributed by atoms with Gasteiger partial charge in [0.15, 0.2) is 5.78 Å². The zero-order valence-electron chi connectivity index (χ0n) is 15.4. The molecule has 3 rings (SSSR count). The van der Waals surface area contributed by atoms with Gasteiger partial charge >= 0.3 is 0 Å². The number of rotatable bonds is 6. The molecule has 0 saturated carbocycles. The number of benzene rings is 2. The van der Waals surface area contributed by atoms with Gasteiger partial charge in [0.05, 0.1) is 18.0 Å². The van der Waals surface area contributed by atoms with Gasteiger partial charge in [-0.3, -0.25) is 4.79 Å². The Morgan fingerprint density at radius 3 is 2.23 bits per heavy atom. The molecule has 0 fully saturated rings. The number of Topliss-reactive ketones (excluding diaryl/α,β-unsaturated/α-hetero) is 1.